The number of nitrogens with zero attached hydrogens (tertiary/aromatic N) is 1. The number of hydrogen-bond acceptors (Lipinski definition) is 2. The molecular weight excluding hydrogens is 237 g/mol. The van der Waals surface area contributed by atoms with Crippen LogP contribution in [0.5, 0.6) is 0 Å². The van der Waals surface area contributed by atoms with Crippen molar-refractivity contribution in [1.29, 1.82) is 0 Å². The van der Waals surface area contributed by atoms with Gasteiger partial charge in [0, 0.05) is 5.88 Å². The van der Waals surface area contributed by atoms with Crippen LogP contribution in [0, 0.1) is 0 Å². The van der Waals surface area contributed by atoms with Gasteiger partial charge in [-0.2, -0.15) is 0 Å². The minimum atomic E-state index is 0.439. The number of rotatable bonds is 2. The van der Waals surface area contributed by atoms with E-state index in [4.69, 9.17) is 34.8 Å². The molecule has 66 valence electrons. The molecule has 0 radical (unpaired) electrons. The highest BCUT2D eigenvalue weighted by molar-refractivity contribution is 7.17. The summed E-state index contributed by atoms with van der Waals surface area (Å²) in [5.74, 6) is 0.492. The van der Waals surface area contributed by atoms with Gasteiger partial charge < -0.3 is 0 Å². The lowest BCUT2D eigenvalue weighted by atomic mass is 10.3. The van der Waals surface area contributed by atoms with E-state index in [-0.39, 0.29) is 0 Å². The molecule has 1 heterocycles. The van der Waals surface area contributed by atoms with Crippen LogP contribution in [0.25, 0.3) is 6.08 Å². The molecule has 1 aromatic rings. The predicted molar refractivity (Wildman–Crippen MR) is 56.5 cm³/mol. The van der Waals surface area contributed by atoms with Gasteiger partial charge in [-0.15, -0.1) is 22.9 Å². The topological polar surface area (TPSA) is 12.9 Å². The van der Waals surface area contributed by atoms with Crippen LogP contribution in [0.15, 0.2) is 5.57 Å². The lowest BCUT2D eigenvalue weighted by molar-refractivity contribution is 1.40. The van der Waals surface area contributed by atoms with E-state index in [2.05, 4.69) is 4.98 Å². The zero-order chi connectivity index (χ0) is 9.14. The van der Waals surface area contributed by atoms with Crippen LogP contribution in [0.2, 0.25) is 9.62 Å². The quantitative estimate of drug-likeness (QED) is 0.712. The molecule has 0 aliphatic heterocycles. The lowest BCUT2D eigenvalue weighted by Gasteiger charge is -1.90. The average molecular weight is 243 g/mol. The molecular formula is C7H6Cl3NS. The van der Waals surface area contributed by atoms with Crippen LogP contribution in [0.1, 0.15) is 11.8 Å². The summed E-state index contributed by atoms with van der Waals surface area (Å²) < 4.78 is 0.452. The smallest absolute Gasteiger partial charge is 0.185 e. The van der Waals surface area contributed by atoms with E-state index in [0.717, 1.165) is 10.5 Å². The van der Waals surface area contributed by atoms with E-state index in [9.17, 15) is 0 Å². The van der Waals surface area contributed by atoms with Gasteiger partial charge in [0.15, 0.2) is 4.47 Å². The molecule has 5 heteroatoms. The molecule has 0 unspecified atom stereocenters. The highest BCUT2D eigenvalue weighted by Gasteiger charge is 2.04. The second kappa shape index (κ2) is 4.47. The highest BCUT2D eigenvalue weighted by atomic mass is 35.5. The van der Waals surface area contributed by atoms with Crippen molar-refractivity contribution in [2.75, 3.05) is 5.88 Å². The molecule has 0 aliphatic carbocycles. The number of allylic oxidation sites excluding steroid dienone is 1. The monoisotopic (exact) mass is 241 g/mol. The first-order valence-electron chi connectivity index (χ1n) is 3.18. The largest absolute Gasteiger partial charge is 0.212 e. The van der Waals surface area contributed by atoms with Gasteiger partial charge >= 0.3 is 0 Å². The summed E-state index contributed by atoms with van der Waals surface area (Å²) in [5.41, 5.74) is 1.04. The van der Waals surface area contributed by atoms with Gasteiger partial charge in [0.05, 0.1) is 4.88 Å². The minimum Gasteiger partial charge on any atom is -0.212 e. The molecule has 0 saturated carbocycles. The average Bonchev–Trinajstić information content (AvgIpc) is 2.30. The fraction of sp³-hybridized carbons (Fsp3) is 0.286. The molecule has 0 bridgehead atoms. The maximum absolute atomic E-state index is 5.77. The van der Waals surface area contributed by atoms with E-state index < -0.39 is 0 Å². The number of halogens is 3. The first-order valence-corrected chi connectivity index (χ1v) is 5.29. The predicted octanol–water partition coefficient (Wildman–Crippen LogP) is 4.09. The summed E-state index contributed by atoms with van der Waals surface area (Å²) in [4.78, 5) is 4.72. The Kier molecular flexibility index (Phi) is 3.84. The molecule has 0 aromatic carbocycles. The Labute approximate surface area is 90.0 Å². The van der Waals surface area contributed by atoms with Crippen molar-refractivity contribution in [3.63, 3.8) is 0 Å². The van der Waals surface area contributed by atoms with Gasteiger partial charge in [-0.05, 0) is 13.0 Å². The van der Waals surface area contributed by atoms with Crippen LogP contribution in [0.3, 0.4) is 0 Å². The van der Waals surface area contributed by atoms with Crippen molar-refractivity contribution in [2.45, 2.75) is 6.92 Å². The molecule has 0 aliphatic rings. The molecule has 0 atom stereocenters. The van der Waals surface area contributed by atoms with Crippen molar-refractivity contribution in [2.24, 2.45) is 0 Å². The molecule has 1 rings (SSSR count). The normalized spacial score (nSPS) is 12.2. The van der Waals surface area contributed by atoms with E-state index in [1.165, 1.54) is 11.3 Å². The van der Waals surface area contributed by atoms with Crippen molar-refractivity contribution in [1.82, 2.24) is 4.98 Å². The Hall–Kier alpha value is 0.240. The highest BCUT2D eigenvalue weighted by Crippen LogP contribution is 2.28. The molecule has 0 N–H and O–H groups in total. The third kappa shape index (κ3) is 2.63. The molecule has 0 saturated heterocycles. The van der Waals surface area contributed by atoms with Gasteiger partial charge in [0.2, 0.25) is 0 Å². The van der Waals surface area contributed by atoms with Gasteiger partial charge in [-0.25, -0.2) is 4.98 Å². The van der Waals surface area contributed by atoms with E-state index >= 15 is 0 Å². The molecule has 1 nitrogen and oxygen atoms in total. The number of hydrogen-bond donors (Lipinski definition) is 0. The standard InChI is InChI=1S/C7H6Cl3NS/c1-4(3-8)2-5-6(9)11-7(10)12-5/h2H,3H2,1H3. The van der Waals surface area contributed by atoms with E-state index in [0.29, 0.717) is 15.5 Å². The fourth-order valence-electron chi connectivity index (χ4n) is 0.639. The Morgan fingerprint density at radius 2 is 2.25 bits per heavy atom. The van der Waals surface area contributed by atoms with Gasteiger partial charge in [-0.1, -0.05) is 28.8 Å². The molecule has 0 amide bonds. The van der Waals surface area contributed by atoms with Crippen molar-refractivity contribution < 1.29 is 0 Å². The summed E-state index contributed by atoms with van der Waals surface area (Å²) in [6.07, 6.45) is 1.89. The first kappa shape index (κ1) is 10.3. The first-order chi connectivity index (χ1) is 5.63. The zero-order valence-corrected chi connectivity index (χ0v) is 9.36. The SMILES string of the molecule is CC(=Cc1sc(Cl)nc1Cl)CCl. The maximum atomic E-state index is 5.77. The zero-order valence-electron chi connectivity index (χ0n) is 6.27. The molecule has 0 fully saturated rings. The van der Waals surface area contributed by atoms with E-state index in [1.54, 1.807) is 0 Å². The Bertz CT molecular complexity index is 306. The number of thiazole rings is 1. The second-order valence-electron chi connectivity index (χ2n) is 2.25. The van der Waals surface area contributed by atoms with Crippen LogP contribution >= 0.6 is 46.1 Å². The van der Waals surface area contributed by atoms with Gasteiger partial charge in [-0.3, -0.25) is 0 Å². The van der Waals surface area contributed by atoms with Gasteiger partial charge in [0.1, 0.15) is 5.15 Å². The fourth-order valence-corrected chi connectivity index (χ4v) is 2.11. The van der Waals surface area contributed by atoms with Crippen molar-refractivity contribution >= 4 is 52.2 Å². The van der Waals surface area contributed by atoms with Crippen LogP contribution in [0.4, 0.5) is 0 Å². The van der Waals surface area contributed by atoms with Crippen LogP contribution in [-0.2, 0) is 0 Å². The lowest BCUT2D eigenvalue weighted by Crippen LogP contribution is -1.75. The van der Waals surface area contributed by atoms with Crippen LogP contribution < -0.4 is 0 Å². The molecule has 1 aromatic heterocycles. The Balaban J connectivity index is 2.95. The molecule has 12 heavy (non-hydrogen) atoms. The van der Waals surface area contributed by atoms with E-state index in [1.807, 2.05) is 13.0 Å². The second-order valence-corrected chi connectivity index (χ2v) is 4.48. The number of alkyl halides is 1. The Morgan fingerprint density at radius 1 is 1.58 bits per heavy atom. The van der Waals surface area contributed by atoms with Gasteiger partial charge in [0.25, 0.3) is 0 Å². The molecule has 0 spiro atoms. The summed E-state index contributed by atoms with van der Waals surface area (Å²) in [6.45, 7) is 1.93. The van der Waals surface area contributed by atoms with Crippen molar-refractivity contribution in [3.8, 4) is 0 Å². The number of aromatic nitrogens is 1. The summed E-state index contributed by atoms with van der Waals surface area (Å²) in [5, 5.41) is 0.439. The Morgan fingerprint density at radius 3 is 2.67 bits per heavy atom. The summed E-state index contributed by atoms with van der Waals surface area (Å²) in [6, 6.07) is 0. The summed E-state index contributed by atoms with van der Waals surface area (Å²) in [7, 11) is 0. The van der Waals surface area contributed by atoms with Crippen LogP contribution in [-0.4, -0.2) is 10.9 Å². The van der Waals surface area contributed by atoms with Crippen molar-refractivity contribution in [3.05, 3.63) is 20.1 Å². The maximum Gasteiger partial charge on any atom is 0.185 e. The summed E-state index contributed by atoms with van der Waals surface area (Å²) >= 11 is 18.4. The minimum absolute atomic E-state index is 0.439. The third-order valence-corrected chi connectivity index (χ3v) is 3.10. The third-order valence-electron chi connectivity index (χ3n) is 1.17.